The molecule has 0 spiro atoms. The molecule has 0 radical (unpaired) electrons. The van der Waals surface area contributed by atoms with E-state index in [9.17, 15) is 4.79 Å². The number of nitrogens with two attached hydrogens (primary N) is 1. The van der Waals surface area contributed by atoms with Crippen molar-refractivity contribution in [3.05, 3.63) is 24.3 Å². The predicted molar refractivity (Wildman–Crippen MR) is 79.7 cm³/mol. The summed E-state index contributed by atoms with van der Waals surface area (Å²) in [4.78, 5) is 13.5. The molecule has 20 heavy (non-hydrogen) atoms. The first-order chi connectivity index (χ1) is 9.49. The number of carbonyl (C=O) groups excluding carboxylic acids is 1. The van der Waals surface area contributed by atoms with Gasteiger partial charge in [-0.05, 0) is 26.0 Å². The average molecular weight is 280 g/mol. The zero-order valence-corrected chi connectivity index (χ0v) is 12.5. The minimum absolute atomic E-state index is 0.0428. The van der Waals surface area contributed by atoms with E-state index in [4.69, 9.17) is 15.2 Å². The lowest BCUT2D eigenvalue weighted by atomic mass is 10.3. The largest absolute Gasteiger partial charge is 0.493 e. The molecule has 112 valence electrons. The van der Waals surface area contributed by atoms with Crippen molar-refractivity contribution in [1.82, 2.24) is 4.90 Å². The van der Waals surface area contributed by atoms with Gasteiger partial charge in [0.25, 0.3) is 0 Å². The summed E-state index contributed by atoms with van der Waals surface area (Å²) in [7, 11) is 1.77. The first-order valence-electron chi connectivity index (χ1n) is 6.83. The quantitative estimate of drug-likeness (QED) is 0.739. The van der Waals surface area contributed by atoms with Crippen LogP contribution in [0.25, 0.3) is 0 Å². The van der Waals surface area contributed by atoms with Crippen molar-refractivity contribution < 1.29 is 14.3 Å². The lowest BCUT2D eigenvalue weighted by Gasteiger charge is -2.18. The second kappa shape index (κ2) is 8.43. The van der Waals surface area contributed by atoms with E-state index >= 15 is 0 Å². The minimum atomic E-state index is 0.0428. The molecule has 0 aliphatic carbocycles. The smallest absolute Gasteiger partial charge is 0.225 e. The van der Waals surface area contributed by atoms with Gasteiger partial charge in [-0.2, -0.15) is 0 Å². The highest BCUT2D eigenvalue weighted by Crippen LogP contribution is 2.14. The normalized spacial score (nSPS) is 10.6. The maximum atomic E-state index is 11.8. The highest BCUT2D eigenvalue weighted by atomic mass is 16.5. The summed E-state index contributed by atoms with van der Waals surface area (Å²) in [5.41, 5.74) is 6.30. The fourth-order valence-corrected chi connectivity index (χ4v) is 1.60. The molecule has 0 heterocycles. The summed E-state index contributed by atoms with van der Waals surface area (Å²) in [6.07, 6.45) is 0.526. The van der Waals surface area contributed by atoms with Crippen molar-refractivity contribution >= 4 is 11.6 Å². The number of likely N-dealkylation sites (N-methyl/N-ethyl adjacent to an activating group) is 1. The number of anilines is 1. The van der Waals surface area contributed by atoms with Crippen LogP contribution in [0.4, 0.5) is 5.69 Å². The summed E-state index contributed by atoms with van der Waals surface area (Å²) < 4.78 is 10.9. The third kappa shape index (κ3) is 6.43. The standard InChI is InChI=1S/C15H24N2O3/c1-12(2)19-10-8-17(3)15(18)7-9-20-14-6-4-5-13(16)11-14/h4-6,11-12H,7-10,16H2,1-3H3. The van der Waals surface area contributed by atoms with E-state index in [0.29, 0.717) is 37.6 Å². The van der Waals surface area contributed by atoms with E-state index in [1.807, 2.05) is 26.0 Å². The zero-order chi connectivity index (χ0) is 15.0. The van der Waals surface area contributed by atoms with Crippen LogP contribution in [-0.2, 0) is 9.53 Å². The van der Waals surface area contributed by atoms with Crippen LogP contribution in [0.1, 0.15) is 20.3 Å². The highest BCUT2D eigenvalue weighted by Gasteiger charge is 2.09. The van der Waals surface area contributed by atoms with Crippen LogP contribution < -0.4 is 10.5 Å². The molecule has 0 atom stereocenters. The Morgan fingerprint density at radius 3 is 2.75 bits per heavy atom. The van der Waals surface area contributed by atoms with E-state index in [1.54, 1.807) is 24.1 Å². The molecule has 0 fully saturated rings. The number of nitrogen functional groups attached to an aromatic ring is 1. The zero-order valence-electron chi connectivity index (χ0n) is 12.5. The number of ether oxygens (including phenoxy) is 2. The average Bonchev–Trinajstić information content (AvgIpc) is 2.38. The molecule has 0 aromatic heterocycles. The van der Waals surface area contributed by atoms with Crippen LogP contribution in [0.5, 0.6) is 5.75 Å². The Labute approximate surface area is 120 Å². The molecule has 1 rings (SSSR count). The van der Waals surface area contributed by atoms with E-state index < -0.39 is 0 Å². The Morgan fingerprint density at radius 1 is 1.35 bits per heavy atom. The molecule has 5 heteroatoms. The van der Waals surface area contributed by atoms with Crippen LogP contribution in [-0.4, -0.2) is 43.7 Å². The number of hydrogen-bond donors (Lipinski definition) is 1. The molecule has 1 aromatic rings. The molecule has 1 amide bonds. The van der Waals surface area contributed by atoms with E-state index in [2.05, 4.69) is 0 Å². The number of nitrogens with zero attached hydrogens (tertiary/aromatic N) is 1. The number of hydrogen-bond acceptors (Lipinski definition) is 4. The van der Waals surface area contributed by atoms with Gasteiger partial charge in [-0.15, -0.1) is 0 Å². The number of benzene rings is 1. The summed E-state index contributed by atoms with van der Waals surface area (Å²) in [5, 5.41) is 0. The van der Waals surface area contributed by atoms with Crippen molar-refractivity contribution in [3.63, 3.8) is 0 Å². The Balaban J connectivity index is 2.22. The Hall–Kier alpha value is -1.75. The second-order valence-electron chi connectivity index (χ2n) is 4.91. The monoisotopic (exact) mass is 280 g/mol. The summed E-state index contributed by atoms with van der Waals surface area (Å²) in [6, 6.07) is 7.17. The predicted octanol–water partition coefficient (Wildman–Crippen LogP) is 1.92. The van der Waals surface area contributed by atoms with Crippen molar-refractivity contribution in [2.45, 2.75) is 26.4 Å². The third-order valence-electron chi connectivity index (χ3n) is 2.75. The molecule has 0 unspecified atom stereocenters. The van der Waals surface area contributed by atoms with Crippen molar-refractivity contribution in [2.75, 3.05) is 32.5 Å². The van der Waals surface area contributed by atoms with Gasteiger partial charge in [-0.1, -0.05) is 6.07 Å². The lowest BCUT2D eigenvalue weighted by molar-refractivity contribution is -0.131. The molecule has 1 aromatic carbocycles. The molecule has 0 aliphatic rings. The van der Waals surface area contributed by atoms with Gasteiger partial charge in [0, 0.05) is 25.3 Å². The molecule has 2 N–H and O–H groups in total. The van der Waals surface area contributed by atoms with Crippen LogP contribution in [0.3, 0.4) is 0 Å². The molecular weight excluding hydrogens is 256 g/mol. The molecule has 5 nitrogen and oxygen atoms in total. The topological polar surface area (TPSA) is 64.8 Å². The van der Waals surface area contributed by atoms with Crippen LogP contribution in [0, 0.1) is 0 Å². The molecule has 0 bridgehead atoms. The van der Waals surface area contributed by atoms with Gasteiger partial charge in [0.05, 0.1) is 25.7 Å². The van der Waals surface area contributed by atoms with Gasteiger partial charge >= 0.3 is 0 Å². The second-order valence-corrected chi connectivity index (χ2v) is 4.91. The highest BCUT2D eigenvalue weighted by molar-refractivity contribution is 5.75. The first-order valence-corrected chi connectivity index (χ1v) is 6.83. The Kier molecular flexibility index (Phi) is 6.87. The van der Waals surface area contributed by atoms with E-state index in [1.165, 1.54) is 0 Å². The van der Waals surface area contributed by atoms with Gasteiger partial charge in [0.15, 0.2) is 0 Å². The maximum Gasteiger partial charge on any atom is 0.225 e. The van der Waals surface area contributed by atoms with Crippen molar-refractivity contribution in [2.24, 2.45) is 0 Å². The first kappa shape index (κ1) is 16.3. The van der Waals surface area contributed by atoms with Crippen molar-refractivity contribution in [3.8, 4) is 5.75 Å². The maximum absolute atomic E-state index is 11.8. The Bertz CT molecular complexity index is 421. The SMILES string of the molecule is CC(C)OCCN(C)C(=O)CCOc1cccc(N)c1. The number of rotatable bonds is 8. The van der Waals surface area contributed by atoms with Crippen molar-refractivity contribution in [1.29, 1.82) is 0 Å². The van der Waals surface area contributed by atoms with E-state index in [0.717, 1.165) is 0 Å². The van der Waals surface area contributed by atoms with Crippen LogP contribution in [0.2, 0.25) is 0 Å². The molecule has 0 aliphatic heterocycles. The third-order valence-corrected chi connectivity index (χ3v) is 2.75. The summed E-state index contributed by atoms with van der Waals surface area (Å²) >= 11 is 0. The van der Waals surface area contributed by atoms with Crippen LogP contribution >= 0.6 is 0 Å². The van der Waals surface area contributed by atoms with Gasteiger partial charge < -0.3 is 20.1 Å². The lowest BCUT2D eigenvalue weighted by Crippen LogP contribution is -2.31. The molecule has 0 saturated carbocycles. The molecular formula is C15H24N2O3. The fourth-order valence-electron chi connectivity index (χ4n) is 1.60. The van der Waals surface area contributed by atoms with E-state index in [-0.39, 0.29) is 12.0 Å². The molecule has 0 saturated heterocycles. The van der Waals surface area contributed by atoms with Crippen LogP contribution in [0.15, 0.2) is 24.3 Å². The Morgan fingerprint density at radius 2 is 2.10 bits per heavy atom. The van der Waals surface area contributed by atoms with Gasteiger partial charge in [0.1, 0.15) is 5.75 Å². The summed E-state index contributed by atoms with van der Waals surface area (Å²) in [5.74, 6) is 0.727. The van der Waals surface area contributed by atoms with Gasteiger partial charge in [-0.25, -0.2) is 0 Å². The van der Waals surface area contributed by atoms with Gasteiger partial charge in [-0.3, -0.25) is 4.79 Å². The minimum Gasteiger partial charge on any atom is -0.493 e. The number of carbonyl (C=O) groups is 1. The fraction of sp³-hybridized carbons (Fsp3) is 0.533. The number of amides is 1. The van der Waals surface area contributed by atoms with Gasteiger partial charge in [0.2, 0.25) is 5.91 Å². The summed E-state index contributed by atoms with van der Waals surface area (Å²) in [6.45, 7) is 5.44.